The summed E-state index contributed by atoms with van der Waals surface area (Å²) in [6, 6.07) is 16.5. The van der Waals surface area contributed by atoms with Crippen LogP contribution in [0, 0.1) is 12.6 Å². The summed E-state index contributed by atoms with van der Waals surface area (Å²) in [7, 11) is 0. The van der Waals surface area contributed by atoms with Gasteiger partial charge in [-0.15, -0.1) is 17.7 Å². The van der Waals surface area contributed by atoms with E-state index >= 15 is 0 Å². The monoisotopic (exact) mass is 528 g/mol. The molecule has 0 saturated carbocycles. The van der Waals surface area contributed by atoms with Gasteiger partial charge >= 0.3 is 0 Å². The first-order valence-corrected chi connectivity index (χ1v) is 7.94. The van der Waals surface area contributed by atoms with Crippen molar-refractivity contribution in [3.05, 3.63) is 71.8 Å². The number of allylic oxidation sites excluding steroid dienone is 2. The number of aliphatic hydroxyl groups excluding tert-OH is 1. The maximum absolute atomic E-state index is 10.0. The Labute approximate surface area is 164 Å². The molecular weight excluding hydrogens is 513 g/mol. The molecule has 1 radical (unpaired) electrons. The number of carbonyl (C=O) groups is 1. The van der Waals surface area contributed by atoms with Gasteiger partial charge < -0.3 is 5.11 Å². The Morgan fingerprint density at radius 2 is 2.00 bits per heavy atom. The zero-order valence-electron chi connectivity index (χ0n) is 13.6. The summed E-state index contributed by atoms with van der Waals surface area (Å²) in [6.45, 7) is 9.75. The van der Waals surface area contributed by atoms with Gasteiger partial charge in [0.25, 0.3) is 0 Å². The van der Waals surface area contributed by atoms with E-state index in [0.717, 1.165) is 16.1 Å². The summed E-state index contributed by atoms with van der Waals surface area (Å²) in [5.41, 5.74) is 2.56. The number of nitrogens with zero attached hydrogens (tertiary/aromatic N) is 2. The fraction of sp³-hybridized carbons (Fsp3) is 0.105. The van der Waals surface area contributed by atoms with Crippen LogP contribution in [0.3, 0.4) is 0 Å². The molecule has 0 atom stereocenters. The van der Waals surface area contributed by atoms with E-state index in [0.29, 0.717) is 5.69 Å². The quantitative estimate of drug-likeness (QED) is 0.278. The van der Waals surface area contributed by atoms with Crippen molar-refractivity contribution >= 4 is 33.0 Å². The maximum Gasteiger partial charge on any atom is 0.235 e. The third-order valence-electron chi connectivity index (χ3n) is 2.86. The van der Waals surface area contributed by atoms with Crippen molar-refractivity contribution in [3.8, 4) is 10.6 Å². The zero-order valence-corrected chi connectivity index (χ0v) is 16.8. The van der Waals surface area contributed by atoms with Crippen molar-refractivity contribution < 1.29 is 30.0 Å². The molecule has 0 spiro atoms. The van der Waals surface area contributed by atoms with Crippen LogP contribution in [0.4, 0.5) is 5.69 Å². The van der Waals surface area contributed by atoms with Gasteiger partial charge in [-0.1, -0.05) is 24.3 Å². The molecule has 3 aromatic rings. The van der Waals surface area contributed by atoms with Crippen molar-refractivity contribution in [2.24, 2.45) is 0 Å². The van der Waals surface area contributed by atoms with Gasteiger partial charge in [-0.3, -0.25) is 9.78 Å². The minimum atomic E-state index is -0.125. The topological polar surface area (TPSA) is 54.5 Å². The van der Waals surface area contributed by atoms with Crippen molar-refractivity contribution in [2.45, 2.75) is 13.8 Å². The van der Waals surface area contributed by atoms with Crippen LogP contribution in [0.5, 0.6) is 0 Å². The fourth-order valence-corrected chi connectivity index (χ4v) is 2.85. The fourth-order valence-electron chi connectivity index (χ4n) is 1.90. The molecule has 0 aliphatic rings. The molecule has 1 aromatic heterocycles. The zero-order chi connectivity index (χ0) is 17.5. The molecule has 0 unspecified atom stereocenters. The maximum atomic E-state index is 10.0. The molecule has 0 aliphatic carbocycles. The van der Waals surface area contributed by atoms with Crippen LogP contribution >= 0.6 is 11.3 Å². The van der Waals surface area contributed by atoms with Crippen LogP contribution in [0.1, 0.15) is 13.8 Å². The molecule has 129 valence electrons. The van der Waals surface area contributed by atoms with Crippen LogP contribution in [-0.2, 0) is 24.9 Å². The number of benzene rings is 2. The number of carbonyl (C=O) groups excluding carboxylic acids is 1. The average molecular weight is 528 g/mol. The summed E-state index contributed by atoms with van der Waals surface area (Å²) in [5.74, 6) is -0.0625. The molecule has 0 amide bonds. The van der Waals surface area contributed by atoms with Crippen molar-refractivity contribution in [2.75, 3.05) is 0 Å². The largest absolute Gasteiger partial charge is 0.512 e. The van der Waals surface area contributed by atoms with E-state index in [2.05, 4.69) is 22.0 Å². The van der Waals surface area contributed by atoms with Crippen LogP contribution < -0.4 is 0 Å². The summed E-state index contributed by atoms with van der Waals surface area (Å²) in [6.07, 6.45) is 1.17. The number of fused-ring (bicyclic) bond motifs is 1. The Hall–Kier alpha value is -2.32. The van der Waals surface area contributed by atoms with E-state index in [9.17, 15) is 4.79 Å². The van der Waals surface area contributed by atoms with E-state index in [-0.39, 0.29) is 31.6 Å². The number of ketones is 1. The minimum absolute atomic E-state index is 0. The predicted octanol–water partition coefficient (Wildman–Crippen LogP) is 5.35. The van der Waals surface area contributed by atoms with Crippen molar-refractivity contribution in [1.82, 2.24) is 4.98 Å². The summed E-state index contributed by atoms with van der Waals surface area (Å²) >= 11 is 1.64. The summed E-state index contributed by atoms with van der Waals surface area (Å²) in [4.78, 5) is 17.9. The van der Waals surface area contributed by atoms with Gasteiger partial charge in [0.15, 0.2) is 5.78 Å². The minimum Gasteiger partial charge on any atom is -0.512 e. The molecule has 1 N–H and O–H groups in total. The normalized spacial score (nSPS) is 10.2. The van der Waals surface area contributed by atoms with Gasteiger partial charge in [0, 0.05) is 35.9 Å². The first kappa shape index (κ1) is 20.7. The van der Waals surface area contributed by atoms with Crippen LogP contribution in [0.2, 0.25) is 0 Å². The van der Waals surface area contributed by atoms with Crippen LogP contribution in [0.25, 0.3) is 25.6 Å². The smallest absolute Gasteiger partial charge is 0.235 e. The molecule has 1 heterocycles. The van der Waals surface area contributed by atoms with Gasteiger partial charge in [-0.25, -0.2) is 0 Å². The standard InChI is InChI=1S/C14H7N2S.C5H8O2.Ir/c1-15-11-8-6-10(7-9-11)14-16-12-4-2-3-5-13(12)17-14;1-4(6)3-5(2)7;/h2-6,8-9H;3,6H,1-2H3;/q-1;;/b;4-3-;. The third-order valence-corrected chi connectivity index (χ3v) is 3.93. The van der Waals surface area contributed by atoms with E-state index < -0.39 is 0 Å². The molecule has 6 heteroatoms. The number of hydrogen-bond acceptors (Lipinski definition) is 4. The second kappa shape index (κ2) is 9.85. The molecule has 4 nitrogen and oxygen atoms in total. The second-order valence-corrected chi connectivity index (χ2v) is 5.99. The van der Waals surface area contributed by atoms with E-state index in [1.807, 2.05) is 24.3 Å². The molecular formula is C19H15IrN2O2S-. The Morgan fingerprint density at radius 3 is 2.48 bits per heavy atom. The number of hydrogen-bond donors (Lipinski definition) is 1. The van der Waals surface area contributed by atoms with Gasteiger partial charge in [0.05, 0.1) is 11.3 Å². The second-order valence-electron chi connectivity index (χ2n) is 4.96. The number of aromatic nitrogens is 1. The number of rotatable bonds is 2. The van der Waals surface area contributed by atoms with E-state index in [1.54, 1.807) is 23.5 Å². The molecule has 3 rings (SSSR count). The molecule has 2 aromatic carbocycles. The van der Waals surface area contributed by atoms with Crippen molar-refractivity contribution in [3.63, 3.8) is 0 Å². The first-order chi connectivity index (χ1) is 11.5. The molecule has 0 saturated heterocycles. The van der Waals surface area contributed by atoms with E-state index in [4.69, 9.17) is 11.7 Å². The number of para-hydroxylation sites is 1. The first-order valence-electron chi connectivity index (χ1n) is 7.12. The number of aliphatic hydroxyl groups is 1. The molecule has 0 bridgehead atoms. The molecule has 0 fully saturated rings. The average Bonchev–Trinajstić information content (AvgIpc) is 2.98. The van der Waals surface area contributed by atoms with Crippen LogP contribution in [0.15, 0.2) is 54.3 Å². The van der Waals surface area contributed by atoms with Gasteiger partial charge in [-0.2, -0.15) is 16.2 Å². The molecule has 0 aliphatic heterocycles. The van der Waals surface area contributed by atoms with Gasteiger partial charge in [-0.05, 0) is 26.0 Å². The third kappa shape index (κ3) is 6.24. The Kier molecular flexibility index (Phi) is 8.16. The predicted molar refractivity (Wildman–Crippen MR) is 97.2 cm³/mol. The molecule has 25 heavy (non-hydrogen) atoms. The summed E-state index contributed by atoms with van der Waals surface area (Å²) in [5, 5.41) is 9.31. The Morgan fingerprint density at radius 1 is 1.28 bits per heavy atom. The Bertz CT molecular complexity index is 887. The van der Waals surface area contributed by atoms with Gasteiger partial charge in [0.2, 0.25) is 5.69 Å². The van der Waals surface area contributed by atoms with Gasteiger partial charge in [0.1, 0.15) is 6.57 Å². The Balaban J connectivity index is 0.000000339. The SMILES string of the molecule is CC(=O)/C=C(/C)O.[C-]#[N+]c1c[c-]c(-c2nc3ccccc3s2)cc1.[Ir]. The van der Waals surface area contributed by atoms with Crippen molar-refractivity contribution in [1.29, 1.82) is 0 Å². The van der Waals surface area contributed by atoms with E-state index in [1.165, 1.54) is 24.6 Å². The van der Waals surface area contributed by atoms with Crippen LogP contribution in [-0.4, -0.2) is 15.9 Å². The number of thiazole rings is 1. The summed E-state index contributed by atoms with van der Waals surface area (Å²) < 4.78 is 1.17.